The minimum atomic E-state index is -0.441. The third-order valence-corrected chi connectivity index (χ3v) is 6.84. The van der Waals surface area contributed by atoms with Crippen LogP contribution < -0.4 is 4.90 Å². The van der Waals surface area contributed by atoms with Gasteiger partial charge in [0.05, 0.1) is 0 Å². The Hall–Kier alpha value is -3.43. The largest absolute Gasteiger partial charge is 0.320 e. The summed E-state index contributed by atoms with van der Waals surface area (Å²) in [6, 6.07) is 26.7. The Bertz CT molecular complexity index is 1300. The number of halogens is 1. The number of anilines is 1. The number of para-hydroxylation sites is 1. The highest BCUT2D eigenvalue weighted by molar-refractivity contribution is 6.30. The topological polar surface area (TPSA) is 37.4 Å². The molecule has 1 heterocycles. The highest BCUT2D eigenvalue weighted by Gasteiger charge is 2.43. The highest BCUT2D eigenvalue weighted by atomic mass is 35.5. The summed E-state index contributed by atoms with van der Waals surface area (Å²) in [4.78, 5) is 29.7. The number of hydrogen-bond donors (Lipinski definition) is 0. The number of benzene rings is 3. The summed E-state index contributed by atoms with van der Waals surface area (Å²) >= 11 is 6.18. The van der Waals surface area contributed by atoms with Crippen molar-refractivity contribution in [3.8, 4) is 0 Å². The Morgan fingerprint density at radius 3 is 2.15 bits per heavy atom. The van der Waals surface area contributed by atoms with Crippen LogP contribution >= 0.6 is 11.6 Å². The molecule has 0 saturated heterocycles. The molecule has 170 valence electrons. The van der Waals surface area contributed by atoms with Crippen LogP contribution in [0.3, 0.4) is 0 Å². The van der Waals surface area contributed by atoms with E-state index in [2.05, 4.69) is 18.7 Å². The normalized spacial score (nSPS) is 19.5. The molecule has 0 saturated carbocycles. The van der Waals surface area contributed by atoms with Crippen molar-refractivity contribution < 1.29 is 9.59 Å². The molecule has 1 aliphatic carbocycles. The molecule has 0 spiro atoms. The Labute approximate surface area is 205 Å². The second-order valence-electron chi connectivity index (χ2n) is 9.77. The summed E-state index contributed by atoms with van der Waals surface area (Å²) in [5.74, 6) is -0.423. The lowest BCUT2D eigenvalue weighted by atomic mass is 9.68. The summed E-state index contributed by atoms with van der Waals surface area (Å²) < 4.78 is 0. The van der Waals surface area contributed by atoms with Crippen LogP contribution in [0.4, 0.5) is 5.69 Å². The fourth-order valence-electron chi connectivity index (χ4n) is 5.06. The molecular formula is C30H26ClNO2. The maximum absolute atomic E-state index is 13.9. The van der Waals surface area contributed by atoms with Gasteiger partial charge in [-0.2, -0.15) is 0 Å². The van der Waals surface area contributed by atoms with Gasteiger partial charge in [0.25, 0.3) is 0 Å². The minimum Gasteiger partial charge on any atom is -0.320 e. The standard InChI is InChI=1S/C30H26ClNO2/c1-30(2)17-25-28(26(33)18-30)27(20-13-15-22(31)16-14-20)24(29(34)21-9-5-3-6-10-21)19-32(25)23-11-7-4-8-12-23/h3-16,19,27H,17-18H2,1-2H3. The van der Waals surface area contributed by atoms with E-state index in [0.717, 1.165) is 23.4 Å². The number of nitrogens with zero attached hydrogens (tertiary/aromatic N) is 1. The molecule has 2 aliphatic rings. The Morgan fingerprint density at radius 2 is 1.50 bits per heavy atom. The number of hydrogen-bond acceptors (Lipinski definition) is 3. The predicted octanol–water partition coefficient (Wildman–Crippen LogP) is 7.35. The first-order valence-electron chi connectivity index (χ1n) is 11.5. The lowest BCUT2D eigenvalue weighted by Crippen LogP contribution is -2.38. The zero-order chi connectivity index (χ0) is 23.9. The fourth-order valence-corrected chi connectivity index (χ4v) is 5.18. The highest BCUT2D eigenvalue weighted by Crippen LogP contribution is 2.49. The van der Waals surface area contributed by atoms with E-state index in [-0.39, 0.29) is 17.0 Å². The fraction of sp³-hybridized carbons (Fsp3) is 0.200. The zero-order valence-corrected chi connectivity index (χ0v) is 20.0. The van der Waals surface area contributed by atoms with E-state index < -0.39 is 5.92 Å². The quantitative estimate of drug-likeness (QED) is 0.376. The van der Waals surface area contributed by atoms with Crippen LogP contribution in [0.1, 0.15) is 48.5 Å². The van der Waals surface area contributed by atoms with Gasteiger partial charge in [0.2, 0.25) is 0 Å². The van der Waals surface area contributed by atoms with Crippen molar-refractivity contribution in [1.82, 2.24) is 0 Å². The zero-order valence-electron chi connectivity index (χ0n) is 19.3. The molecule has 0 aromatic heterocycles. The Kier molecular flexibility index (Phi) is 5.75. The van der Waals surface area contributed by atoms with Crippen LogP contribution in [0, 0.1) is 5.41 Å². The van der Waals surface area contributed by atoms with Crippen LogP contribution in [0.25, 0.3) is 0 Å². The lowest BCUT2D eigenvalue weighted by Gasteiger charge is -2.43. The maximum Gasteiger partial charge on any atom is 0.191 e. The molecular weight excluding hydrogens is 442 g/mol. The summed E-state index contributed by atoms with van der Waals surface area (Å²) in [7, 11) is 0. The average molecular weight is 468 g/mol. The molecule has 0 radical (unpaired) electrons. The molecule has 34 heavy (non-hydrogen) atoms. The molecule has 1 aliphatic heterocycles. The van der Waals surface area contributed by atoms with Gasteiger partial charge in [-0.1, -0.05) is 86.1 Å². The van der Waals surface area contributed by atoms with Crippen LogP contribution in [0.15, 0.2) is 108 Å². The molecule has 3 aromatic carbocycles. The maximum atomic E-state index is 13.9. The van der Waals surface area contributed by atoms with Gasteiger partial charge in [-0.15, -0.1) is 0 Å². The van der Waals surface area contributed by atoms with E-state index in [1.807, 2.05) is 91.1 Å². The molecule has 5 rings (SSSR count). The molecule has 0 fully saturated rings. The summed E-state index contributed by atoms with van der Waals surface area (Å²) in [6.45, 7) is 4.26. The molecule has 0 N–H and O–H groups in total. The number of carbonyl (C=O) groups is 2. The second-order valence-corrected chi connectivity index (χ2v) is 10.2. The molecule has 3 nitrogen and oxygen atoms in total. The molecule has 4 heteroatoms. The van der Waals surface area contributed by atoms with Crippen molar-refractivity contribution in [3.05, 3.63) is 124 Å². The number of carbonyl (C=O) groups excluding carboxylic acids is 2. The van der Waals surface area contributed by atoms with Crippen molar-refractivity contribution in [2.75, 3.05) is 4.90 Å². The van der Waals surface area contributed by atoms with Crippen molar-refractivity contribution in [2.45, 2.75) is 32.6 Å². The second kappa shape index (κ2) is 8.73. The number of allylic oxidation sites excluding steroid dienone is 3. The minimum absolute atomic E-state index is 0.0781. The van der Waals surface area contributed by atoms with Crippen molar-refractivity contribution in [3.63, 3.8) is 0 Å². The van der Waals surface area contributed by atoms with Crippen molar-refractivity contribution >= 4 is 28.9 Å². The van der Waals surface area contributed by atoms with Gasteiger partial charge < -0.3 is 4.90 Å². The van der Waals surface area contributed by atoms with Crippen molar-refractivity contribution in [1.29, 1.82) is 0 Å². The van der Waals surface area contributed by atoms with Gasteiger partial charge in [-0.25, -0.2) is 0 Å². The summed E-state index contributed by atoms with van der Waals surface area (Å²) in [5.41, 5.74) is 4.55. The van der Waals surface area contributed by atoms with Gasteiger partial charge in [0, 0.05) is 51.7 Å². The summed E-state index contributed by atoms with van der Waals surface area (Å²) in [6.07, 6.45) is 3.14. The smallest absolute Gasteiger partial charge is 0.191 e. The molecule has 0 bridgehead atoms. The van der Waals surface area contributed by atoms with Gasteiger partial charge in [0.1, 0.15) is 0 Å². The van der Waals surface area contributed by atoms with Gasteiger partial charge >= 0.3 is 0 Å². The average Bonchev–Trinajstić information content (AvgIpc) is 2.84. The molecule has 0 amide bonds. The van der Waals surface area contributed by atoms with E-state index in [1.54, 1.807) is 0 Å². The lowest BCUT2D eigenvalue weighted by molar-refractivity contribution is -0.118. The monoisotopic (exact) mass is 467 g/mol. The van der Waals surface area contributed by atoms with E-state index in [0.29, 0.717) is 28.2 Å². The van der Waals surface area contributed by atoms with Gasteiger partial charge in [-0.05, 0) is 41.7 Å². The SMILES string of the molecule is CC1(C)CC(=O)C2=C(C1)N(c1ccccc1)C=C(C(=O)c1ccccc1)C2c1ccc(Cl)cc1. The third kappa shape index (κ3) is 4.12. The number of Topliss-reactive ketones (excluding diaryl/α,β-unsaturated/α-hetero) is 2. The molecule has 3 aromatic rings. The van der Waals surface area contributed by atoms with Crippen LogP contribution in [-0.4, -0.2) is 11.6 Å². The molecule has 1 atom stereocenters. The first-order valence-corrected chi connectivity index (χ1v) is 11.9. The van der Waals surface area contributed by atoms with E-state index >= 15 is 0 Å². The van der Waals surface area contributed by atoms with Gasteiger partial charge in [-0.3, -0.25) is 9.59 Å². The van der Waals surface area contributed by atoms with Crippen molar-refractivity contribution in [2.24, 2.45) is 5.41 Å². The van der Waals surface area contributed by atoms with Crippen LogP contribution in [-0.2, 0) is 4.79 Å². The number of ketones is 2. The molecule has 1 unspecified atom stereocenters. The Morgan fingerprint density at radius 1 is 0.882 bits per heavy atom. The Balaban J connectivity index is 1.76. The third-order valence-electron chi connectivity index (χ3n) is 6.59. The van der Waals surface area contributed by atoms with Crippen LogP contribution in [0.5, 0.6) is 0 Å². The summed E-state index contributed by atoms with van der Waals surface area (Å²) in [5, 5.41) is 0.621. The predicted molar refractivity (Wildman–Crippen MR) is 137 cm³/mol. The first-order chi connectivity index (χ1) is 16.3. The van der Waals surface area contributed by atoms with E-state index in [9.17, 15) is 9.59 Å². The first kappa shape index (κ1) is 22.4. The van der Waals surface area contributed by atoms with Crippen LogP contribution in [0.2, 0.25) is 5.02 Å². The van der Waals surface area contributed by atoms with E-state index in [1.165, 1.54) is 0 Å². The van der Waals surface area contributed by atoms with Gasteiger partial charge in [0.15, 0.2) is 11.6 Å². The number of rotatable bonds is 4. The van der Waals surface area contributed by atoms with E-state index in [4.69, 9.17) is 11.6 Å².